The van der Waals surface area contributed by atoms with Crippen molar-refractivity contribution in [2.45, 2.75) is 71.1 Å². The summed E-state index contributed by atoms with van der Waals surface area (Å²) < 4.78 is 0. The lowest BCUT2D eigenvalue weighted by Gasteiger charge is -2.08. The van der Waals surface area contributed by atoms with Crippen LogP contribution in [0.25, 0.3) is 0 Å². The number of aliphatic imine (C=N–C) groups is 1. The standard InChI is InChI=1S/C19H31N5/c1-2-3-4-5-6-7-8-9-10-11-14-22-19(23-17-20)24-18-12-15-21-16-13-18/h12-13,15-16H,2-11,14H2,1H3,(H2,21,22,23,24). The van der Waals surface area contributed by atoms with Crippen molar-refractivity contribution in [3.8, 4) is 6.19 Å². The molecule has 0 aromatic carbocycles. The minimum absolute atomic E-state index is 0.500. The summed E-state index contributed by atoms with van der Waals surface area (Å²) in [6.07, 6.45) is 18.5. The Morgan fingerprint density at radius 1 is 1.00 bits per heavy atom. The lowest BCUT2D eigenvalue weighted by molar-refractivity contribution is 0.554. The number of unbranched alkanes of at least 4 members (excludes halogenated alkanes) is 9. The molecule has 0 fully saturated rings. The average molecular weight is 329 g/mol. The van der Waals surface area contributed by atoms with E-state index in [1.54, 1.807) is 24.5 Å². The fraction of sp³-hybridized carbons (Fsp3) is 0.632. The fourth-order valence-electron chi connectivity index (χ4n) is 2.53. The number of rotatable bonds is 12. The van der Waals surface area contributed by atoms with Gasteiger partial charge in [-0.25, -0.2) is 4.99 Å². The molecule has 1 aromatic rings. The molecule has 0 radical (unpaired) electrons. The van der Waals surface area contributed by atoms with Gasteiger partial charge >= 0.3 is 0 Å². The zero-order valence-corrected chi connectivity index (χ0v) is 14.9. The normalized spacial score (nSPS) is 11.1. The van der Waals surface area contributed by atoms with E-state index < -0.39 is 0 Å². The first-order valence-electron chi connectivity index (χ1n) is 9.24. The molecule has 0 atom stereocenters. The van der Waals surface area contributed by atoms with Gasteiger partial charge in [0.1, 0.15) is 0 Å². The molecule has 1 rings (SSSR count). The first-order valence-corrected chi connectivity index (χ1v) is 9.24. The molecule has 0 unspecified atom stereocenters. The topological polar surface area (TPSA) is 73.1 Å². The van der Waals surface area contributed by atoms with Crippen LogP contribution in [-0.2, 0) is 0 Å². The highest BCUT2D eigenvalue weighted by Gasteiger charge is 1.98. The third kappa shape index (κ3) is 10.6. The number of hydrogen-bond donors (Lipinski definition) is 2. The first kappa shape index (κ1) is 20.0. The Morgan fingerprint density at radius 3 is 2.17 bits per heavy atom. The monoisotopic (exact) mass is 329 g/mol. The Morgan fingerprint density at radius 2 is 1.58 bits per heavy atom. The fourth-order valence-corrected chi connectivity index (χ4v) is 2.53. The summed E-state index contributed by atoms with van der Waals surface area (Å²) in [6.45, 7) is 3.09. The van der Waals surface area contributed by atoms with Crippen LogP contribution in [0, 0.1) is 11.5 Å². The Kier molecular flexibility index (Phi) is 12.1. The van der Waals surface area contributed by atoms with Crippen LogP contribution < -0.4 is 10.6 Å². The smallest absolute Gasteiger partial charge is 0.209 e. The summed E-state index contributed by atoms with van der Waals surface area (Å²) in [4.78, 5) is 8.32. The molecular weight excluding hydrogens is 298 g/mol. The Balaban J connectivity index is 2.08. The molecule has 0 saturated carbocycles. The van der Waals surface area contributed by atoms with E-state index in [2.05, 4.69) is 27.5 Å². The Hall–Kier alpha value is -2.09. The zero-order chi connectivity index (χ0) is 17.3. The van der Waals surface area contributed by atoms with Gasteiger partial charge in [0.05, 0.1) is 5.69 Å². The van der Waals surface area contributed by atoms with Crippen molar-refractivity contribution < 1.29 is 0 Å². The molecule has 24 heavy (non-hydrogen) atoms. The molecule has 0 bridgehead atoms. The molecule has 0 aliphatic heterocycles. The van der Waals surface area contributed by atoms with Crippen molar-refractivity contribution >= 4 is 11.6 Å². The highest BCUT2D eigenvalue weighted by atomic mass is 15.2. The summed E-state index contributed by atoms with van der Waals surface area (Å²) in [5, 5.41) is 14.6. The number of nitriles is 1. The van der Waals surface area contributed by atoms with Gasteiger partial charge in [-0.2, -0.15) is 5.26 Å². The van der Waals surface area contributed by atoms with E-state index in [-0.39, 0.29) is 0 Å². The van der Waals surface area contributed by atoms with Gasteiger partial charge in [0.15, 0.2) is 6.19 Å². The zero-order valence-electron chi connectivity index (χ0n) is 14.9. The lowest BCUT2D eigenvalue weighted by atomic mass is 10.1. The van der Waals surface area contributed by atoms with Crippen LogP contribution in [0.4, 0.5) is 5.69 Å². The lowest BCUT2D eigenvalue weighted by Crippen LogP contribution is -2.34. The van der Waals surface area contributed by atoms with Gasteiger partial charge < -0.3 is 5.32 Å². The van der Waals surface area contributed by atoms with Gasteiger partial charge in [-0.3, -0.25) is 10.3 Å². The van der Waals surface area contributed by atoms with E-state index in [1.165, 1.54) is 57.8 Å². The molecule has 0 spiro atoms. The van der Waals surface area contributed by atoms with E-state index in [0.29, 0.717) is 5.96 Å². The number of nitrogens with one attached hydrogen (secondary N) is 2. The molecule has 0 saturated heterocycles. The average Bonchev–Trinajstić information content (AvgIpc) is 2.60. The molecule has 1 heterocycles. The number of guanidine groups is 1. The number of pyridine rings is 1. The molecule has 5 heteroatoms. The Labute approximate surface area is 146 Å². The molecule has 1 aromatic heterocycles. The maximum Gasteiger partial charge on any atom is 0.209 e. The second-order valence-corrected chi connectivity index (χ2v) is 6.01. The van der Waals surface area contributed by atoms with Crippen molar-refractivity contribution in [2.24, 2.45) is 4.99 Å². The van der Waals surface area contributed by atoms with E-state index in [1.807, 2.05) is 6.19 Å². The molecule has 0 aliphatic carbocycles. The highest BCUT2D eigenvalue weighted by Crippen LogP contribution is 2.10. The molecule has 0 aliphatic rings. The second kappa shape index (κ2) is 14.5. The number of hydrogen-bond acceptors (Lipinski definition) is 3. The minimum Gasteiger partial charge on any atom is -0.355 e. The van der Waals surface area contributed by atoms with Crippen LogP contribution in [0.5, 0.6) is 0 Å². The van der Waals surface area contributed by atoms with E-state index >= 15 is 0 Å². The molecule has 132 valence electrons. The predicted octanol–water partition coefficient (Wildman–Crippen LogP) is 4.65. The van der Waals surface area contributed by atoms with E-state index in [9.17, 15) is 0 Å². The van der Waals surface area contributed by atoms with Crippen LogP contribution in [0.3, 0.4) is 0 Å². The summed E-state index contributed by atoms with van der Waals surface area (Å²) in [6, 6.07) is 3.61. The largest absolute Gasteiger partial charge is 0.355 e. The van der Waals surface area contributed by atoms with Crippen molar-refractivity contribution in [3.05, 3.63) is 24.5 Å². The molecule has 2 N–H and O–H groups in total. The highest BCUT2D eigenvalue weighted by molar-refractivity contribution is 5.83. The van der Waals surface area contributed by atoms with Crippen LogP contribution >= 0.6 is 0 Å². The van der Waals surface area contributed by atoms with Crippen LogP contribution in [0.15, 0.2) is 29.5 Å². The van der Waals surface area contributed by atoms with Crippen molar-refractivity contribution in [2.75, 3.05) is 6.54 Å². The van der Waals surface area contributed by atoms with Crippen LogP contribution in [-0.4, -0.2) is 17.5 Å². The van der Waals surface area contributed by atoms with Crippen molar-refractivity contribution in [1.29, 1.82) is 5.26 Å². The minimum atomic E-state index is 0.500. The van der Waals surface area contributed by atoms with E-state index in [0.717, 1.165) is 18.7 Å². The van der Waals surface area contributed by atoms with Gasteiger partial charge in [0.25, 0.3) is 0 Å². The van der Waals surface area contributed by atoms with Gasteiger partial charge in [-0.15, -0.1) is 0 Å². The maximum absolute atomic E-state index is 8.80. The summed E-state index contributed by atoms with van der Waals surface area (Å²) in [7, 11) is 0. The Bertz CT molecular complexity index is 478. The van der Waals surface area contributed by atoms with Gasteiger partial charge in [0, 0.05) is 18.9 Å². The predicted molar refractivity (Wildman–Crippen MR) is 99.9 cm³/mol. The number of aromatic nitrogens is 1. The van der Waals surface area contributed by atoms with Gasteiger partial charge in [-0.05, 0) is 18.6 Å². The quantitative estimate of drug-likeness (QED) is 0.192. The second-order valence-electron chi connectivity index (χ2n) is 6.01. The molecular formula is C19H31N5. The summed E-state index contributed by atoms with van der Waals surface area (Å²) in [5.41, 5.74) is 0.776. The first-order chi connectivity index (χ1) is 11.9. The number of nitrogens with zero attached hydrogens (tertiary/aromatic N) is 3. The summed E-state index contributed by atoms with van der Waals surface area (Å²) >= 11 is 0. The van der Waals surface area contributed by atoms with Crippen LogP contribution in [0.2, 0.25) is 0 Å². The van der Waals surface area contributed by atoms with Gasteiger partial charge in [0.2, 0.25) is 5.96 Å². The van der Waals surface area contributed by atoms with Gasteiger partial charge in [-0.1, -0.05) is 64.7 Å². The SMILES string of the molecule is CCCCCCCCCCCCNC(=Nc1ccncc1)NC#N. The van der Waals surface area contributed by atoms with Crippen molar-refractivity contribution in [3.63, 3.8) is 0 Å². The third-order valence-corrected chi connectivity index (χ3v) is 3.90. The van der Waals surface area contributed by atoms with Crippen LogP contribution in [0.1, 0.15) is 71.1 Å². The molecule has 5 nitrogen and oxygen atoms in total. The third-order valence-electron chi connectivity index (χ3n) is 3.90. The summed E-state index contributed by atoms with van der Waals surface area (Å²) in [5.74, 6) is 0.500. The van der Waals surface area contributed by atoms with E-state index in [4.69, 9.17) is 5.26 Å². The molecule has 0 amide bonds. The van der Waals surface area contributed by atoms with Crippen molar-refractivity contribution in [1.82, 2.24) is 15.6 Å². The maximum atomic E-state index is 8.80.